The normalized spacial score (nSPS) is 12.1. The zero-order chi connectivity index (χ0) is 14.9. The fourth-order valence-corrected chi connectivity index (χ4v) is 4.36. The number of H-pyrrole nitrogens is 1. The number of aromatic nitrogens is 3. The number of sulfonamides is 1. The van der Waals surface area contributed by atoms with Crippen LogP contribution in [-0.2, 0) is 16.6 Å². The lowest BCUT2D eigenvalue weighted by Crippen LogP contribution is -2.27. The second-order valence-electron chi connectivity index (χ2n) is 4.23. The Morgan fingerprint density at radius 1 is 1.30 bits per heavy atom. The summed E-state index contributed by atoms with van der Waals surface area (Å²) in [6.07, 6.45) is 1.34. The van der Waals surface area contributed by atoms with Gasteiger partial charge in [0, 0.05) is 16.0 Å². The van der Waals surface area contributed by atoms with Crippen LogP contribution in [0.4, 0.5) is 0 Å². The van der Waals surface area contributed by atoms with Crippen LogP contribution in [0.25, 0.3) is 0 Å². The van der Waals surface area contributed by atoms with Gasteiger partial charge in [0.2, 0.25) is 10.0 Å². The van der Waals surface area contributed by atoms with Crippen molar-refractivity contribution in [1.82, 2.24) is 19.5 Å². The first-order chi connectivity index (χ1) is 9.32. The summed E-state index contributed by atoms with van der Waals surface area (Å²) in [5, 5.41) is 6.34. The molecule has 0 spiro atoms. The molecule has 108 valence electrons. The van der Waals surface area contributed by atoms with Gasteiger partial charge in [-0.15, -0.1) is 0 Å². The number of aryl methyl sites for hydroxylation is 1. The number of nitrogens with zero attached hydrogens (tertiary/aromatic N) is 3. The Morgan fingerprint density at radius 2 is 2.00 bits per heavy atom. The molecule has 0 saturated heterocycles. The molecule has 1 heterocycles. The standard InChI is InChI=1S/C11H12Br2N4O2S/c1-7-3-9(13)10(4-8(7)12)20(18,19)17(2)5-11-14-6-15-16-11/h3-4,6H,5H2,1-2H3,(H,14,15,16). The minimum Gasteiger partial charge on any atom is -0.262 e. The molecule has 0 bridgehead atoms. The fraction of sp³-hybridized carbons (Fsp3) is 0.273. The number of hydrogen-bond donors (Lipinski definition) is 1. The smallest absolute Gasteiger partial charge is 0.244 e. The molecule has 0 saturated carbocycles. The van der Waals surface area contributed by atoms with Crippen LogP contribution in [0.15, 0.2) is 32.3 Å². The maximum Gasteiger partial charge on any atom is 0.244 e. The Hall–Kier alpha value is -0.770. The molecule has 20 heavy (non-hydrogen) atoms. The predicted octanol–water partition coefficient (Wildman–Crippen LogP) is 2.46. The van der Waals surface area contributed by atoms with Crippen LogP contribution in [0.1, 0.15) is 11.4 Å². The van der Waals surface area contributed by atoms with Crippen LogP contribution in [0.5, 0.6) is 0 Å². The van der Waals surface area contributed by atoms with Gasteiger partial charge in [0.05, 0.1) is 11.4 Å². The molecule has 0 aliphatic rings. The third-order valence-electron chi connectivity index (χ3n) is 2.74. The van der Waals surface area contributed by atoms with E-state index >= 15 is 0 Å². The largest absolute Gasteiger partial charge is 0.262 e. The van der Waals surface area contributed by atoms with Crippen molar-refractivity contribution in [2.24, 2.45) is 0 Å². The molecule has 0 aliphatic carbocycles. The van der Waals surface area contributed by atoms with Crippen molar-refractivity contribution < 1.29 is 8.42 Å². The average molecular weight is 424 g/mol. The van der Waals surface area contributed by atoms with E-state index in [1.54, 1.807) is 12.1 Å². The summed E-state index contributed by atoms with van der Waals surface area (Å²) in [7, 11) is -2.12. The first-order valence-corrected chi connectivity index (χ1v) is 8.61. The molecule has 1 aromatic carbocycles. The Kier molecular flexibility index (Phi) is 4.62. The Balaban J connectivity index is 2.37. The number of rotatable bonds is 4. The van der Waals surface area contributed by atoms with Gasteiger partial charge in [-0.25, -0.2) is 13.4 Å². The summed E-state index contributed by atoms with van der Waals surface area (Å²) in [5.74, 6) is 0.485. The lowest BCUT2D eigenvalue weighted by Gasteiger charge is -2.17. The van der Waals surface area contributed by atoms with Gasteiger partial charge in [0.1, 0.15) is 12.2 Å². The molecule has 0 aliphatic heterocycles. The van der Waals surface area contributed by atoms with E-state index in [0.29, 0.717) is 10.3 Å². The first kappa shape index (κ1) is 15.6. The number of hydrogen-bond acceptors (Lipinski definition) is 4. The van der Waals surface area contributed by atoms with Crippen molar-refractivity contribution in [3.8, 4) is 0 Å². The van der Waals surface area contributed by atoms with Crippen molar-refractivity contribution in [2.45, 2.75) is 18.4 Å². The second kappa shape index (κ2) is 5.92. The van der Waals surface area contributed by atoms with E-state index < -0.39 is 10.0 Å². The molecule has 0 radical (unpaired) electrons. The predicted molar refractivity (Wildman–Crippen MR) is 81.6 cm³/mol. The van der Waals surface area contributed by atoms with E-state index in [1.807, 2.05) is 6.92 Å². The molecule has 9 heteroatoms. The summed E-state index contributed by atoms with van der Waals surface area (Å²) < 4.78 is 27.6. The highest BCUT2D eigenvalue weighted by molar-refractivity contribution is 9.11. The monoisotopic (exact) mass is 422 g/mol. The zero-order valence-corrected chi connectivity index (χ0v) is 14.7. The Morgan fingerprint density at radius 3 is 2.60 bits per heavy atom. The highest BCUT2D eigenvalue weighted by atomic mass is 79.9. The van der Waals surface area contributed by atoms with Crippen molar-refractivity contribution in [3.05, 3.63) is 38.8 Å². The minimum absolute atomic E-state index is 0.125. The van der Waals surface area contributed by atoms with Gasteiger partial charge in [0.15, 0.2) is 0 Å². The van der Waals surface area contributed by atoms with Crippen molar-refractivity contribution in [1.29, 1.82) is 0 Å². The lowest BCUT2D eigenvalue weighted by atomic mass is 10.2. The lowest BCUT2D eigenvalue weighted by molar-refractivity contribution is 0.457. The van der Waals surface area contributed by atoms with E-state index in [-0.39, 0.29) is 11.4 Å². The molecular weight excluding hydrogens is 412 g/mol. The molecule has 2 rings (SSSR count). The van der Waals surface area contributed by atoms with Gasteiger partial charge >= 0.3 is 0 Å². The van der Waals surface area contributed by atoms with Gasteiger partial charge in [-0.05, 0) is 40.5 Å². The molecule has 0 fully saturated rings. The van der Waals surface area contributed by atoms with Crippen LogP contribution in [0, 0.1) is 6.92 Å². The maximum absolute atomic E-state index is 12.6. The molecule has 2 aromatic rings. The van der Waals surface area contributed by atoms with Crippen molar-refractivity contribution in [2.75, 3.05) is 7.05 Å². The Bertz CT molecular complexity index is 716. The highest BCUT2D eigenvalue weighted by Gasteiger charge is 2.25. The number of aromatic amines is 1. The maximum atomic E-state index is 12.6. The fourth-order valence-electron chi connectivity index (χ4n) is 1.60. The van der Waals surface area contributed by atoms with Crippen LogP contribution >= 0.6 is 31.9 Å². The number of nitrogens with one attached hydrogen (secondary N) is 1. The summed E-state index contributed by atoms with van der Waals surface area (Å²) in [4.78, 5) is 4.13. The topological polar surface area (TPSA) is 79.0 Å². The highest BCUT2D eigenvalue weighted by Crippen LogP contribution is 2.30. The molecule has 1 aromatic heterocycles. The average Bonchev–Trinajstić information content (AvgIpc) is 2.86. The van der Waals surface area contributed by atoms with E-state index in [2.05, 4.69) is 47.0 Å². The second-order valence-corrected chi connectivity index (χ2v) is 7.95. The minimum atomic E-state index is -3.62. The summed E-state index contributed by atoms with van der Waals surface area (Å²) in [6.45, 7) is 2.02. The molecule has 0 amide bonds. The molecular formula is C11H12Br2N4O2S. The van der Waals surface area contributed by atoms with Gasteiger partial charge < -0.3 is 0 Å². The van der Waals surface area contributed by atoms with Crippen molar-refractivity contribution in [3.63, 3.8) is 0 Å². The van der Waals surface area contributed by atoms with Gasteiger partial charge in [-0.3, -0.25) is 5.10 Å². The Labute approximate surface area is 133 Å². The van der Waals surface area contributed by atoms with Crippen molar-refractivity contribution >= 4 is 41.9 Å². The van der Waals surface area contributed by atoms with E-state index in [4.69, 9.17) is 0 Å². The van der Waals surface area contributed by atoms with Gasteiger partial charge in [-0.1, -0.05) is 15.9 Å². The SMILES string of the molecule is Cc1cc(Br)c(S(=O)(=O)N(C)Cc2ncn[nH]2)cc1Br. The quantitative estimate of drug-likeness (QED) is 0.819. The van der Waals surface area contributed by atoms with Crippen LogP contribution in [0.3, 0.4) is 0 Å². The van der Waals surface area contributed by atoms with Crippen LogP contribution in [-0.4, -0.2) is 35.0 Å². The summed E-state index contributed by atoms with van der Waals surface area (Å²) in [6, 6.07) is 3.35. The number of halogens is 2. The van der Waals surface area contributed by atoms with Crippen LogP contribution in [0.2, 0.25) is 0 Å². The van der Waals surface area contributed by atoms with Gasteiger partial charge in [0.25, 0.3) is 0 Å². The summed E-state index contributed by atoms with van der Waals surface area (Å²) >= 11 is 6.65. The van der Waals surface area contributed by atoms with E-state index in [1.165, 1.54) is 17.7 Å². The third kappa shape index (κ3) is 3.11. The first-order valence-electron chi connectivity index (χ1n) is 5.58. The van der Waals surface area contributed by atoms with Gasteiger partial charge in [-0.2, -0.15) is 9.40 Å². The summed E-state index contributed by atoms with van der Waals surface area (Å²) in [5.41, 5.74) is 0.953. The number of benzene rings is 1. The molecule has 0 atom stereocenters. The third-order valence-corrected chi connectivity index (χ3v) is 6.35. The zero-order valence-electron chi connectivity index (χ0n) is 10.8. The molecule has 6 nitrogen and oxygen atoms in total. The van der Waals surface area contributed by atoms with Crippen LogP contribution < -0.4 is 0 Å². The molecule has 0 unspecified atom stereocenters. The molecule has 1 N–H and O–H groups in total. The van der Waals surface area contributed by atoms with E-state index in [9.17, 15) is 8.42 Å². The van der Waals surface area contributed by atoms with E-state index in [0.717, 1.165) is 10.0 Å².